The third-order valence-electron chi connectivity index (χ3n) is 3.83. The summed E-state index contributed by atoms with van der Waals surface area (Å²) in [4.78, 5) is 34.6. The summed E-state index contributed by atoms with van der Waals surface area (Å²) in [6.45, 7) is 2.19. The molecule has 0 unspecified atom stereocenters. The van der Waals surface area contributed by atoms with Crippen molar-refractivity contribution in [1.29, 1.82) is 0 Å². The molecule has 0 radical (unpaired) electrons. The molecule has 0 fully saturated rings. The molecule has 3 rings (SSSR count). The van der Waals surface area contributed by atoms with Crippen LogP contribution in [0.15, 0.2) is 4.79 Å². The maximum atomic E-state index is 11.9. The average Bonchev–Trinajstić information content (AvgIpc) is 2.84. The minimum atomic E-state index is -0.448. The zero-order valence-electron chi connectivity index (χ0n) is 12.6. The van der Waals surface area contributed by atoms with Crippen molar-refractivity contribution in [3.63, 3.8) is 0 Å². The number of H-pyrrole nitrogens is 1. The van der Waals surface area contributed by atoms with Gasteiger partial charge in [-0.15, -0.1) is 5.10 Å². The van der Waals surface area contributed by atoms with Crippen LogP contribution in [0.3, 0.4) is 0 Å². The Bertz CT molecular complexity index is 776. The Morgan fingerprint density at radius 3 is 2.82 bits per heavy atom. The molecule has 0 atom stereocenters. The van der Waals surface area contributed by atoms with Gasteiger partial charge in [-0.1, -0.05) is 0 Å². The molecule has 2 aromatic heterocycles. The number of carbonyl (C=O) groups is 1. The lowest BCUT2D eigenvalue weighted by atomic mass is 9.95. The molecule has 0 saturated carbocycles. The summed E-state index contributed by atoms with van der Waals surface area (Å²) >= 11 is 0. The van der Waals surface area contributed by atoms with Crippen molar-refractivity contribution in [3.05, 3.63) is 39.1 Å². The maximum absolute atomic E-state index is 11.9. The quantitative estimate of drug-likeness (QED) is 0.831. The average molecular weight is 302 g/mol. The van der Waals surface area contributed by atoms with Crippen LogP contribution in [0.4, 0.5) is 0 Å². The highest BCUT2D eigenvalue weighted by Crippen LogP contribution is 2.21. The highest BCUT2D eigenvalue weighted by atomic mass is 16.2. The van der Waals surface area contributed by atoms with E-state index in [1.807, 2.05) is 6.92 Å². The van der Waals surface area contributed by atoms with Crippen molar-refractivity contribution in [3.8, 4) is 0 Å². The molecule has 0 bridgehead atoms. The first kappa shape index (κ1) is 14.4. The highest BCUT2D eigenvalue weighted by Gasteiger charge is 2.16. The Kier molecular flexibility index (Phi) is 3.74. The maximum Gasteiger partial charge on any atom is 0.343 e. The van der Waals surface area contributed by atoms with E-state index in [1.54, 1.807) is 0 Å². The van der Waals surface area contributed by atoms with Gasteiger partial charge in [0.1, 0.15) is 5.82 Å². The van der Waals surface area contributed by atoms with Gasteiger partial charge >= 0.3 is 5.69 Å². The lowest BCUT2D eigenvalue weighted by molar-refractivity contribution is 0.0939. The van der Waals surface area contributed by atoms with Gasteiger partial charge in [0.25, 0.3) is 5.91 Å². The second-order valence-corrected chi connectivity index (χ2v) is 5.44. The largest absolute Gasteiger partial charge is 0.343 e. The fourth-order valence-corrected chi connectivity index (χ4v) is 2.67. The topological polar surface area (TPSA) is 106 Å². The number of fused-ring (bicyclic) bond motifs is 1. The molecule has 8 heteroatoms. The lowest BCUT2D eigenvalue weighted by Gasteiger charge is -2.17. The third kappa shape index (κ3) is 2.76. The van der Waals surface area contributed by atoms with Gasteiger partial charge < -0.3 is 5.32 Å². The molecule has 0 aromatic carbocycles. The number of aromatic nitrogens is 5. The number of nitrogens with zero attached hydrogens (tertiary/aromatic N) is 4. The fourth-order valence-electron chi connectivity index (χ4n) is 2.67. The van der Waals surface area contributed by atoms with E-state index in [1.165, 1.54) is 19.0 Å². The summed E-state index contributed by atoms with van der Waals surface area (Å²) < 4.78 is 1.08. The molecule has 116 valence electrons. The molecule has 2 heterocycles. The van der Waals surface area contributed by atoms with Gasteiger partial charge in [0, 0.05) is 18.4 Å². The zero-order valence-corrected chi connectivity index (χ0v) is 12.6. The van der Waals surface area contributed by atoms with Crippen LogP contribution in [0.1, 0.15) is 46.2 Å². The van der Waals surface area contributed by atoms with E-state index >= 15 is 0 Å². The first-order valence-electron chi connectivity index (χ1n) is 7.31. The minimum absolute atomic E-state index is 0.0119. The predicted molar refractivity (Wildman–Crippen MR) is 78.4 cm³/mol. The number of amides is 1. The third-order valence-corrected chi connectivity index (χ3v) is 3.83. The van der Waals surface area contributed by atoms with Crippen molar-refractivity contribution in [2.75, 3.05) is 0 Å². The van der Waals surface area contributed by atoms with Gasteiger partial charge in [-0.2, -0.15) is 0 Å². The summed E-state index contributed by atoms with van der Waals surface area (Å²) in [5.74, 6) is 0.128. The fraction of sp³-hybridized carbons (Fsp3) is 0.500. The van der Waals surface area contributed by atoms with E-state index in [9.17, 15) is 9.59 Å². The zero-order chi connectivity index (χ0) is 15.7. The van der Waals surface area contributed by atoms with Crippen LogP contribution in [0, 0.1) is 6.92 Å². The molecule has 0 spiro atoms. The van der Waals surface area contributed by atoms with Gasteiger partial charge in [0.05, 0.1) is 6.54 Å². The van der Waals surface area contributed by atoms with E-state index in [0.29, 0.717) is 5.82 Å². The molecule has 1 amide bonds. The monoisotopic (exact) mass is 302 g/mol. The second kappa shape index (κ2) is 5.70. The van der Waals surface area contributed by atoms with Crippen LogP contribution < -0.4 is 11.0 Å². The summed E-state index contributed by atoms with van der Waals surface area (Å²) in [6, 6.07) is 0. The molecule has 2 aromatic rings. The first-order valence-corrected chi connectivity index (χ1v) is 7.31. The van der Waals surface area contributed by atoms with E-state index < -0.39 is 11.6 Å². The van der Waals surface area contributed by atoms with Gasteiger partial charge in [0.15, 0.2) is 0 Å². The Morgan fingerprint density at radius 1 is 1.32 bits per heavy atom. The number of hydrogen-bond acceptors (Lipinski definition) is 5. The molecule has 0 aliphatic heterocycles. The van der Waals surface area contributed by atoms with Crippen molar-refractivity contribution < 1.29 is 4.79 Å². The molecule has 0 saturated heterocycles. The molecule has 1 aliphatic rings. The standard InChI is InChI=1S/C14H18N6O2/c1-8-9-5-3-4-6-10(9)17-11(16-8)7-15-13(21)12-18-14(22)20(2)19-12/h3-7H2,1-2H3,(H,15,21)(H,18,19,22). The Hall–Kier alpha value is -2.51. The van der Waals surface area contributed by atoms with Gasteiger partial charge in [0.2, 0.25) is 5.82 Å². The normalized spacial score (nSPS) is 13.7. The number of aryl methyl sites for hydroxylation is 3. The van der Waals surface area contributed by atoms with Crippen molar-refractivity contribution >= 4 is 5.91 Å². The Labute approximate surface area is 127 Å². The number of rotatable bonds is 3. The smallest absolute Gasteiger partial charge is 0.342 e. The van der Waals surface area contributed by atoms with Crippen LogP contribution in [-0.2, 0) is 26.4 Å². The van der Waals surface area contributed by atoms with Crippen molar-refractivity contribution in [1.82, 2.24) is 30.0 Å². The number of hydrogen-bond donors (Lipinski definition) is 2. The van der Waals surface area contributed by atoms with Crippen LogP contribution >= 0.6 is 0 Å². The second-order valence-electron chi connectivity index (χ2n) is 5.44. The minimum Gasteiger partial charge on any atom is -0.342 e. The van der Waals surface area contributed by atoms with E-state index in [-0.39, 0.29) is 12.4 Å². The molecule has 8 nitrogen and oxygen atoms in total. The molecule has 1 aliphatic carbocycles. The van der Waals surface area contributed by atoms with E-state index in [0.717, 1.165) is 35.3 Å². The van der Waals surface area contributed by atoms with E-state index in [2.05, 4.69) is 25.4 Å². The molecule has 22 heavy (non-hydrogen) atoms. The van der Waals surface area contributed by atoms with Crippen LogP contribution in [0.5, 0.6) is 0 Å². The molecule has 2 N–H and O–H groups in total. The highest BCUT2D eigenvalue weighted by molar-refractivity contribution is 5.90. The van der Waals surface area contributed by atoms with Crippen molar-refractivity contribution in [2.45, 2.75) is 39.2 Å². The SMILES string of the molecule is Cc1nc(CNC(=O)c2nn(C)c(=O)[nH]2)nc2c1CCCC2. The summed E-state index contributed by atoms with van der Waals surface area (Å²) in [7, 11) is 1.48. The van der Waals surface area contributed by atoms with Crippen LogP contribution in [0.25, 0.3) is 0 Å². The number of aromatic amines is 1. The Morgan fingerprint density at radius 2 is 2.09 bits per heavy atom. The number of nitrogens with one attached hydrogen (secondary N) is 2. The first-order chi connectivity index (χ1) is 10.5. The van der Waals surface area contributed by atoms with Crippen LogP contribution in [-0.4, -0.2) is 30.6 Å². The summed E-state index contributed by atoms with van der Waals surface area (Å²) in [5.41, 5.74) is 2.90. The predicted octanol–water partition coefficient (Wildman–Crippen LogP) is 0.0156. The Balaban J connectivity index is 1.72. The van der Waals surface area contributed by atoms with Gasteiger partial charge in [-0.25, -0.2) is 19.4 Å². The summed E-state index contributed by atoms with van der Waals surface area (Å²) in [6.07, 6.45) is 4.32. The van der Waals surface area contributed by atoms with Crippen molar-refractivity contribution in [2.24, 2.45) is 7.05 Å². The van der Waals surface area contributed by atoms with Gasteiger partial charge in [-0.05, 0) is 38.2 Å². The lowest BCUT2D eigenvalue weighted by Crippen LogP contribution is -2.26. The van der Waals surface area contributed by atoms with E-state index in [4.69, 9.17) is 0 Å². The molecular formula is C14H18N6O2. The number of carbonyl (C=O) groups excluding carboxylic acids is 1. The summed E-state index contributed by atoms with van der Waals surface area (Å²) in [5, 5.41) is 6.49. The molecular weight excluding hydrogens is 284 g/mol. The van der Waals surface area contributed by atoms with Gasteiger partial charge in [-0.3, -0.25) is 9.78 Å². The van der Waals surface area contributed by atoms with Crippen LogP contribution in [0.2, 0.25) is 0 Å².